The van der Waals surface area contributed by atoms with Gasteiger partial charge in [-0.1, -0.05) is 6.08 Å². The maximum atomic E-state index is 12.2. The number of nitrogens with one attached hydrogen (secondary N) is 1. The van der Waals surface area contributed by atoms with E-state index in [1.807, 2.05) is 0 Å². The lowest BCUT2D eigenvalue weighted by Gasteiger charge is -2.42. The van der Waals surface area contributed by atoms with Crippen LogP contribution in [0.3, 0.4) is 0 Å². The van der Waals surface area contributed by atoms with Crippen molar-refractivity contribution in [1.82, 2.24) is 4.98 Å². The molecule has 0 saturated carbocycles. The second-order valence-electron chi connectivity index (χ2n) is 5.34. The summed E-state index contributed by atoms with van der Waals surface area (Å²) in [6.45, 7) is 1.59. The van der Waals surface area contributed by atoms with E-state index in [0.717, 1.165) is 38.0 Å². The van der Waals surface area contributed by atoms with Crippen molar-refractivity contribution in [3.63, 3.8) is 0 Å². The van der Waals surface area contributed by atoms with Gasteiger partial charge in [0, 0.05) is 25.0 Å². The smallest absolute Gasteiger partial charge is 0.251 e. The molecule has 106 valence electrons. The molecule has 0 atom stereocenters. The Morgan fingerprint density at radius 3 is 2.90 bits per heavy atom. The highest BCUT2D eigenvalue weighted by Crippen LogP contribution is 2.47. The molecule has 5 heteroatoms. The van der Waals surface area contributed by atoms with Crippen LogP contribution in [-0.2, 0) is 9.53 Å². The zero-order valence-corrected chi connectivity index (χ0v) is 11.5. The van der Waals surface area contributed by atoms with E-state index in [1.54, 1.807) is 18.3 Å². The molecular formula is C15H18N2O3. The zero-order valence-electron chi connectivity index (χ0n) is 11.5. The highest BCUT2D eigenvalue weighted by Gasteiger charge is 2.40. The topological polar surface area (TPSA) is 60.5 Å². The van der Waals surface area contributed by atoms with Gasteiger partial charge in [0.2, 0.25) is 5.88 Å². The van der Waals surface area contributed by atoms with E-state index in [2.05, 4.69) is 16.4 Å². The molecule has 1 aliphatic heterocycles. The molecule has 1 spiro atoms. The zero-order chi connectivity index (χ0) is 14.0. The van der Waals surface area contributed by atoms with Crippen molar-refractivity contribution in [3.8, 4) is 5.88 Å². The van der Waals surface area contributed by atoms with Crippen molar-refractivity contribution in [2.45, 2.75) is 19.3 Å². The highest BCUT2D eigenvalue weighted by molar-refractivity contribution is 6.05. The molecule has 3 rings (SSSR count). The van der Waals surface area contributed by atoms with Crippen LogP contribution in [0.1, 0.15) is 19.3 Å². The number of anilines is 1. The minimum absolute atomic E-state index is 0.0617. The summed E-state index contributed by atoms with van der Waals surface area (Å²) in [6, 6.07) is 3.56. The summed E-state index contributed by atoms with van der Waals surface area (Å²) in [5.74, 6) is 0.370. The average molecular weight is 274 g/mol. The lowest BCUT2D eigenvalue weighted by molar-refractivity contribution is -0.114. The molecule has 20 heavy (non-hydrogen) atoms. The van der Waals surface area contributed by atoms with Gasteiger partial charge in [-0.3, -0.25) is 4.79 Å². The Labute approximate surface area is 118 Å². The molecule has 0 radical (unpaired) electrons. The molecule has 2 aliphatic rings. The molecular weight excluding hydrogens is 256 g/mol. The maximum Gasteiger partial charge on any atom is 0.251 e. The van der Waals surface area contributed by atoms with E-state index < -0.39 is 0 Å². The number of amides is 1. The molecule has 1 amide bonds. The third-order valence-electron chi connectivity index (χ3n) is 4.02. The van der Waals surface area contributed by atoms with E-state index in [9.17, 15) is 4.79 Å². The summed E-state index contributed by atoms with van der Waals surface area (Å²) in [4.78, 5) is 16.3. The molecule has 2 heterocycles. The lowest BCUT2D eigenvalue weighted by Crippen LogP contribution is -2.37. The number of aromatic nitrogens is 1. The number of nitrogens with zero attached hydrogens (tertiary/aromatic N) is 1. The fourth-order valence-corrected chi connectivity index (χ4v) is 2.82. The predicted molar refractivity (Wildman–Crippen MR) is 74.6 cm³/mol. The Balaban J connectivity index is 1.67. The number of hydrogen-bond acceptors (Lipinski definition) is 4. The van der Waals surface area contributed by atoms with Crippen molar-refractivity contribution in [1.29, 1.82) is 0 Å². The van der Waals surface area contributed by atoms with E-state index >= 15 is 0 Å². The Hall–Kier alpha value is -1.88. The van der Waals surface area contributed by atoms with E-state index in [4.69, 9.17) is 9.47 Å². The highest BCUT2D eigenvalue weighted by atomic mass is 16.5. The van der Waals surface area contributed by atoms with E-state index in [1.165, 1.54) is 7.11 Å². The normalized spacial score (nSPS) is 19.9. The second-order valence-corrected chi connectivity index (χ2v) is 5.34. The van der Waals surface area contributed by atoms with Gasteiger partial charge in [-0.25, -0.2) is 4.98 Å². The number of rotatable bonds is 3. The second kappa shape index (κ2) is 5.25. The molecule has 1 saturated heterocycles. The summed E-state index contributed by atoms with van der Waals surface area (Å²) in [5, 5.41) is 2.86. The summed E-state index contributed by atoms with van der Waals surface area (Å²) in [6.07, 6.45) is 6.60. The van der Waals surface area contributed by atoms with Crippen molar-refractivity contribution < 1.29 is 14.3 Å². The van der Waals surface area contributed by atoms with Crippen LogP contribution in [0, 0.1) is 5.41 Å². The molecule has 1 aromatic heterocycles. The third-order valence-corrected chi connectivity index (χ3v) is 4.02. The Kier molecular flexibility index (Phi) is 3.44. The van der Waals surface area contributed by atoms with Crippen LogP contribution in [0.2, 0.25) is 0 Å². The molecule has 5 nitrogen and oxygen atoms in total. The predicted octanol–water partition coefficient (Wildman–Crippen LogP) is 2.16. The number of allylic oxidation sites excluding steroid dienone is 1. The van der Waals surface area contributed by atoms with Crippen molar-refractivity contribution in [2.75, 3.05) is 25.6 Å². The molecule has 0 aromatic carbocycles. The standard InChI is InChI=1S/C15H18N2O3/c1-19-14-12(3-2-6-16-14)17-13(18)11-9-15(10-11)4-7-20-8-5-15/h2-3,6,9H,4-5,7-8,10H2,1H3,(H,17,18). The average Bonchev–Trinajstić information content (AvgIpc) is 2.46. The number of ether oxygens (including phenoxy) is 2. The molecule has 1 N–H and O–H groups in total. The minimum atomic E-state index is -0.0617. The Bertz CT molecular complexity index is 548. The number of methoxy groups -OCH3 is 1. The van der Waals surface area contributed by atoms with Crippen LogP contribution < -0.4 is 10.1 Å². The van der Waals surface area contributed by atoms with Gasteiger partial charge in [0.25, 0.3) is 5.91 Å². The fourth-order valence-electron chi connectivity index (χ4n) is 2.82. The summed E-state index contributed by atoms with van der Waals surface area (Å²) < 4.78 is 10.5. The largest absolute Gasteiger partial charge is 0.480 e. The maximum absolute atomic E-state index is 12.2. The van der Waals surface area contributed by atoms with E-state index in [0.29, 0.717) is 11.6 Å². The Morgan fingerprint density at radius 1 is 1.45 bits per heavy atom. The summed E-state index contributed by atoms with van der Waals surface area (Å²) in [5.41, 5.74) is 1.65. The van der Waals surface area contributed by atoms with Gasteiger partial charge in [-0.05, 0) is 36.8 Å². The van der Waals surface area contributed by atoms with Crippen LogP contribution in [0.25, 0.3) is 0 Å². The first kappa shape index (κ1) is 13.1. The first-order chi connectivity index (χ1) is 9.72. The molecule has 1 fully saturated rings. The van der Waals surface area contributed by atoms with E-state index in [-0.39, 0.29) is 11.3 Å². The van der Waals surface area contributed by atoms with Crippen molar-refractivity contribution >= 4 is 11.6 Å². The Morgan fingerprint density at radius 2 is 2.20 bits per heavy atom. The molecule has 1 aliphatic carbocycles. The minimum Gasteiger partial charge on any atom is -0.480 e. The van der Waals surface area contributed by atoms with Crippen LogP contribution in [0.5, 0.6) is 5.88 Å². The third kappa shape index (κ3) is 2.41. The quantitative estimate of drug-likeness (QED) is 0.917. The number of hydrogen-bond donors (Lipinski definition) is 1. The number of pyridine rings is 1. The first-order valence-electron chi connectivity index (χ1n) is 6.82. The fraction of sp³-hybridized carbons (Fsp3) is 0.467. The van der Waals surface area contributed by atoms with Crippen LogP contribution in [-0.4, -0.2) is 31.2 Å². The van der Waals surface area contributed by atoms with Gasteiger partial charge < -0.3 is 14.8 Å². The van der Waals surface area contributed by atoms with Gasteiger partial charge in [-0.2, -0.15) is 0 Å². The first-order valence-corrected chi connectivity index (χ1v) is 6.82. The number of carbonyl (C=O) groups is 1. The van der Waals surface area contributed by atoms with Gasteiger partial charge in [0.1, 0.15) is 5.69 Å². The van der Waals surface area contributed by atoms with Gasteiger partial charge in [0.05, 0.1) is 7.11 Å². The molecule has 0 bridgehead atoms. The number of carbonyl (C=O) groups excluding carboxylic acids is 1. The van der Waals surface area contributed by atoms with Gasteiger partial charge >= 0.3 is 0 Å². The van der Waals surface area contributed by atoms with Crippen LogP contribution in [0.15, 0.2) is 30.0 Å². The van der Waals surface area contributed by atoms with Crippen molar-refractivity contribution in [3.05, 3.63) is 30.0 Å². The van der Waals surface area contributed by atoms with Crippen LogP contribution >= 0.6 is 0 Å². The lowest BCUT2D eigenvalue weighted by atomic mass is 9.66. The SMILES string of the molecule is COc1ncccc1NC(=O)C1=CC2(CCOCC2)C1. The molecule has 1 aromatic rings. The monoisotopic (exact) mass is 274 g/mol. The summed E-state index contributed by atoms with van der Waals surface area (Å²) in [7, 11) is 1.54. The van der Waals surface area contributed by atoms with Crippen LogP contribution in [0.4, 0.5) is 5.69 Å². The molecule has 0 unspecified atom stereocenters. The van der Waals surface area contributed by atoms with Gasteiger partial charge in [0.15, 0.2) is 0 Å². The summed E-state index contributed by atoms with van der Waals surface area (Å²) >= 11 is 0. The van der Waals surface area contributed by atoms with Crippen molar-refractivity contribution in [2.24, 2.45) is 5.41 Å². The van der Waals surface area contributed by atoms with Gasteiger partial charge in [-0.15, -0.1) is 0 Å².